The van der Waals surface area contributed by atoms with Gasteiger partial charge in [-0.3, -0.25) is 4.18 Å². The van der Waals surface area contributed by atoms with Crippen molar-refractivity contribution in [2.75, 3.05) is 26.8 Å². The lowest BCUT2D eigenvalue weighted by Gasteiger charge is -2.10. The standard InChI is InChI=1S/C18H30O5S/c1-21-16-22-18-14-10-9-13-17(18)12-8-6-4-3-5-7-11-15-23-24(2,19)20/h9-10,13-14H,3-8,11-12,15-16H2,1-2H3. The van der Waals surface area contributed by atoms with Gasteiger partial charge in [0.15, 0.2) is 6.79 Å². The van der Waals surface area contributed by atoms with Gasteiger partial charge >= 0.3 is 0 Å². The Morgan fingerprint density at radius 1 is 0.917 bits per heavy atom. The van der Waals surface area contributed by atoms with E-state index in [1.54, 1.807) is 7.11 Å². The average Bonchev–Trinajstić information content (AvgIpc) is 2.54. The Bertz CT molecular complexity index is 542. The van der Waals surface area contributed by atoms with E-state index in [4.69, 9.17) is 13.7 Å². The molecule has 0 atom stereocenters. The molecule has 0 saturated carbocycles. The smallest absolute Gasteiger partial charge is 0.264 e. The Hall–Kier alpha value is -1.11. The van der Waals surface area contributed by atoms with E-state index < -0.39 is 10.1 Å². The van der Waals surface area contributed by atoms with Crippen molar-refractivity contribution in [3.8, 4) is 5.75 Å². The molecule has 0 amide bonds. The summed E-state index contributed by atoms with van der Waals surface area (Å²) in [6.45, 7) is 0.581. The van der Waals surface area contributed by atoms with Crippen molar-refractivity contribution < 1.29 is 22.1 Å². The van der Waals surface area contributed by atoms with E-state index in [2.05, 4.69) is 6.07 Å². The second-order valence-corrected chi connectivity index (χ2v) is 7.55. The summed E-state index contributed by atoms with van der Waals surface area (Å²) in [6.07, 6.45) is 9.77. The van der Waals surface area contributed by atoms with Crippen LogP contribution in [0.5, 0.6) is 5.75 Å². The number of methoxy groups -OCH3 is 1. The van der Waals surface area contributed by atoms with Crippen molar-refractivity contribution in [1.29, 1.82) is 0 Å². The monoisotopic (exact) mass is 358 g/mol. The highest BCUT2D eigenvalue weighted by atomic mass is 32.2. The molecule has 0 unspecified atom stereocenters. The molecule has 5 nitrogen and oxygen atoms in total. The van der Waals surface area contributed by atoms with Gasteiger partial charge in [-0.25, -0.2) is 0 Å². The average molecular weight is 358 g/mol. The maximum Gasteiger partial charge on any atom is 0.264 e. The Labute approximate surface area is 146 Å². The molecule has 24 heavy (non-hydrogen) atoms. The van der Waals surface area contributed by atoms with Crippen LogP contribution in [0.1, 0.15) is 50.5 Å². The largest absolute Gasteiger partial charge is 0.467 e. The summed E-state index contributed by atoms with van der Waals surface area (Å²) in [5.74, 6) is 0.908. The lowest BCUT2D eigenvalue weighted by atomic mass is 10.0. The normalized spacial score (nSPS) is 11.6. The first kappa shape index (κ1) is 20.9. The van der Waals surface area contributed by atoms with Crippen LogP contribution in [0.15, 0.2) is 24.3 Å². The molecule has 1 rings (SSSR count). The summed E-state index contributed by atoms with van der Waals surface area (Å²) in [6, 6.07) is 8.09. The van der Waals surface area contributed by atoms with Gasteiger partial charge < -0.3 is 9.47 Å². The van der Waals surface area contributed by atoms with E-state index >= 15 is 0 Å². The van der Waals surface area contributed by atoms with Crippen molar-refractivity contribution >= 4 is 10.1 Å². The molecular weight excluding hydrogens is 328 g/mol. The van der Waals surface area contributed by atoms with Gasteiger partial charge in [0.05, 0.1) is 12.9 Å². The van der Waals surface area contributed by atoms with E-state index in [0.29, 0.717) is 6.61 Å². The predicted molar refractivity (Wildman–Crippen MR) is 95.8 cm³/mol. The van der Waals surface area contributed by atoms with Gasteiger partial charge in [0.1, 0.15) is 5.75 Å². The van der Waals surface area contributed by atoms with Crippen molar-refractivity contribution in [1.82, 2.24) is 0 Å². The second-order valence-electron chi connectivity index (χ2n) is 5.91. The molecule has 0 heterocycles. The molecule has 0 radical (unpaired) electrons. The summed E-state index contributed by atoms with van der Waals surface area (Å²) >= 11 is 0. The number of hydrogen-bond acceptors (Lipinski definition) is 5. The minimum absolute atomic E-state index is 0.278. The molecule has 0 bridgehead atoms. The Morgan fingerprint density at radius 3 is 2.21 bits per heavy atom. The van der Waals surface area contributed by atoms with Crippen molar-refractivity contribution in [2.45, 2.75) is 51.4 Å². The van der Waals surface area contributed by atoms with Gasteiger partial charge in [0.25, 0.3) is 10.1 Å². The van der Waals surface area contributed by atoms with Gasteiger partial charge in [-0.05, 0) is 30.9 Å². The molecule has 1 aromatic rings. The first-order chi connectivity index (χ1) is 11.5. The molecule has 0 saturated heterocycles. The fourth-order valence-corrected chi connectivity index (χ4v) is 2.91. The van der Waals surface area contributed by atoms with Crippen LogP contribution < -0.4 is 4.74 Å². The van der Waals surface area contributed by atoms with Gasteiger partial charge in [-0.2, -0.15) is 8.42 Å². The highest BCUT2D eigenvalue weighted by Gasteiger charge is 2.03. The third kappa shape index (κ3) is 10.6. The van der Waals surface area contributed by atoms with Crippen LogP contribution in [-0.4, -0.2) is 35.2 Å². The van der Waals surface area contributed by atoms with E-state index in [1.807, 2.05) is 18.2 Å². The second kappa shape index (κ2) is 12.3. The lowest BCUT2D eigenvalue weighted by Crippen LogP contribution is -2.03. The first-order valence-corrected chi connectivity index (χ1v) is 10.4. The molecule has 1 aromatic carbocycles. The highest BCUT2D eigenvalue weighted by molar-refractivity contribution is 7.85. The Kier molecular flexibility index (Phi) is 10.7. The number of ether oxygens (including phenoxy) is 2. The molecule has 0 aliphatic heterocycles. The maximum atomic E-state index is 10.8. The first-order valence-electron chi connectivity index (χ1n) is 8.57. The fourth-order valence-electron chi connectivity index (χ4n) is 2.49. The minimum Gasteiger partial charge on any atom is -0.467 e. The summed E-state index contributed by atoms with van der Waals surface area (Å²) in [5.41, 5.74) is 1.23. The van der Waals surface area contributed by atoms with Crippen LogP contribution in [0.2, 0.25) is 0 Å². The molecule has 6 heteroatoms. The third-order valence-corrected chi connectivity index (χ3v) is 4.29. The highest BCUT2D eigenvalue weighted by Crippen LogP contribution is 2.20. The van der Waals surface area contributed by atoms with Crippen LogP contribution in [0.3, 0.4) is 0 Å². The van der Waals surface area contributed by atoms with Crippen LogP contribution in [-0.2, 0) is 25.5 Å². The molecule has 0 fully saturated rings. The topological polar surface area (TPSA) is 61.8 Å². The number of hydrogen-bond donors (Lipinski definition) is 0. The summed E-state index contributed by atoms with van der Waals surface area (Å²) in [4.78, 5) is 0. The molecule has 0 N–H and O–H groups in total. The van der Waals surface area contributed by atoms with Crippen LogP contribution in [0.4, 0.5) is 0 Å². The zero-order valence-corrected chi connectivity index (χ0v) is 15.6. The van der Waals surface area contributed by atoms with Gasteiger partial charge in [0.2, 0.25) is 0 Å². The van der Waals surface area contributed by atoms with Crippen molar-refractivity contribution in [3.63, 3.8) is 0 Å². The quantitative estimate of drug-likeness (QED) is 0.286. The van der Waals surface area contributed by atoms with Gasteiger partial charge in [0, 0.05) is 7.11 Å². The van der Waals surface area contributed by atoms with E-state index in [1.165, 1.54) is 24.8 Å². The fraction of sp³-hybridized carbons (Fsp3) is 0.667. The van der Waals surface area contributed by atoms with E-state index in [-0.39, 0.29) is 6.79 Å². The number of para-hydroxylation sites is 1. The number of unbranched alkanes of at least 4 members (excludes halogenated alkanes) is 6. The van der Waals surface area contributed by atoms with Crippen LogP contribution >= 0.6 is 0 Å². The molecule has 0 aromatic heterocycles. The summed E-state index contributed by atoms with van der Waals surface area (Å²) in [5, 5.41) is 0. The maximum absolute atomic E-state index is 10.8. The van der Waals surface area contributed by atoms with Crippen LogP contribution in [0, 0.1) is 0 Å². The van der Waals surface area contributed by atoms with E-state index in [0.717, 1.165) is 44.1 Å². The number of benzene rings is 1. The zero-order valence-electron chi connectivity index (χ0n) is 14.8. The molecule has 0 spiro atoms. The predicted octanol–water partition coefficient (Wildman–Crippen LogP) is 3.92. The molecule has 0 aliphatic rings. The van der Waals surface area contributed by atoms with Crippen molar-refractivity contribution in [3.05, 3.63) is 29.8 Å². The molecular formula is C18H30O5S. The lowest BCUT2D eigenvalue weighted by molar-refractivity contribution is 0.0504. The molecule has 138 valence electrons. The summed E-state index contributed by atoms with van der Waals surface area (Å²) in [7, 11) is -1.66. The van der Waals surface area contributed by atoms with Crippen LogP contribution in [0.25, 0.3) is 0 Å². The molecule has 0 aliphatic carbocycles. The number of rotatable bonds is 14. The number of aryl methyl sites for hydroxylation is 1. The zero-order chi connectivity index (χ0) is 17.7. The van der Waals surface area contributed by atoms with Gasteiger partial charge in [-0.1, -0.05) is 50.3 Å². The third-order valence-electron chi connectivity index (χ3n) is 3.69. The van der Waals surface area contributed by atoms with Gasteiger partial charge in [-0.15, -0.1) is 0 Å². The SMILES string of the molecule is COCOc1ccccc1CCCCCCCCCOS(C)(=O)=O. The van der Waals surface area contributed by atoms with Crippen molar-refractivity contribution in [2.24, 2.45) is 0 Å². The Morgan fingerprint density at radius 2 is 1.54 bits per heavy atom. The van der Waals surface area contributed by atoms with E-state index in [9.17, 15) is 8.42 Å². The summed E-state index contributed by atoms with van der Waals surface area (Å²) < 4.78 is 36.8. The Balaban J connectivity index is 2.04. The minimum atomic E-state index is -3.28.